The zero-order chi connectivity index (χ0) is 14.1. The summed E-state index contributed by atoms with van der Waals surface area (Å²) in [5.41, 5.74) is 1.56. The summed E-state index contributed by atoms with van der Waals surface area (Å²) in [7, 11) is 1.60. The van der Waals surface area contributed by atoms with Gasteiger partial charge in [0.25, 0.3) is 5.56 Å². The molecule has 3 aromatic rings. The monoisotopic (exact) mass is 270 g/mol. The van der Waals surface area contributed by atoms with E-state index < -0.39 is 0 Å². The van der Waals surface area contributed by atoms with Gasteiger partial charge in [-0.2, -0.15) is 4.98 Å². The second kappa shape index (κ2) is 4.78. The summed E-state index contributed by atoms with van der Waals surface area (Å²) in [6, 6.07) is 9.89. The number of anilines is 1. The van der Waals surface area contributed by atoms with Gasteiger partial charge in [-0.15, -0.1) is 0 Å². The first-order valence-electron chi connectivity index (χ1n) is 6.15. The van der Waals surface area contributed by atoms with Crippen molar-refractivity contribution in [3.05, 3.63) is 52.1 Å². The summed E-state index contributed by atoms with van der Waals surface area (Å²) in [5.74, 6) is 6.54. The van der Waals surface area contributed by atoms with Gasteiger partial charge in [0.15, 0.2) is 11.2 Å². The predicted molar refractivity (Wildman–Crippen MR) is 76.3 cm³/mol. The SMILES string of the molecule is CN(N)c1nc2nc(Cc3ccccc3)[nH]c2c(=O)[nH]1. The van der Waals surface area contributed by atoms with Gasteiger partial charge in [0.1, 0.15) is 5.82 Å². The number of nitrogens with two attached hydrogens (primary N) is 1. The highest BCUT2D eigenvalue weighted by Crippen LogP contribution is 2.11. The molecule has 2 heterocycles. The Morgan fingerprint density at radius 2 is 1.95 bits per heavy atom. The third-order valence-corrected chi connectivity index (χ3v) is 2.95. The van der Waals surface area contributed by atoms with Crippen molar-refractivity contribution in [2.45, 2.75) is 6.42 Å². The maximum atomic E-state index is 11.9. The third-order valence-electron chi connectivity index (χ3n) is 2.95. The smallest absolute Gasteiger partial charge is 0.278 e. The van der Waals surface area contributed by atoms with E-state index in [1.165, 1.54) is 5.01 Å². The van der Waals surface area contributed by atoms with Crippen molar-refractivity contribution in [3.8, 4) is 0 Å². The summed E-state index contributed by atoms with van der Waals surface area (Å²) in [6.07, 6.45) is 0.616. The molecular weight excluding hydrogens is 256 g/mol. The minimum Gasteiger partial charge on any atom is -0.336 e. The van der Waals surface area contributed by atoms with Crippen LogP contribution < -0.4 is 16.4 Å². The molecule has 0 saturated carbocycles. The van der Waals surface area contributed by atoms with Gasteiger partial charge in [0.2, 0.25) is 5.95 Å². The van der Waals surface area contributed by atoms with Crippen LogP contribution in [0.2, 0.25) is 0 Å². The van der Waals surface area contributed by atoms with Crippen LogP contribution in [0.4, 0.5) is 5.95 Å². The molecular formula is C13H14N6O. The molecule has 0 bridgehead atoms. The molecule has 3 rings (SSSR count). The quantitative estimate of drug-likeness (QED) is 0.476. The van der Waals surface area contributed by atoms with Crippen LogP contribution >= 0.6 is 0 Å². The maximum absolute atomic E-state index is 11.9. The average molecular weight is 270 g/mol. The highest BCUT2D eigenvalue weighted by Gasteiger charge is 2.11. The fraction of sp³-hybridized carbons (Fsp3) is 0.154. The molecule has 0 saturated heterocycles. The van der Waals surface area contributed by atoms with Crippen molar-refractivity contribution in [1.82, 2.24) is 19.9 Å². The molecule has 2 aromatic heterocycles. The standard InChI is InChI=1S/C13H14N6O/c1-19(14)13-17-11-10(12(20)18-13)15-9(16-11)7-8-5-3-2-4-6-8/h2-6H,7,14H2,1H3,(H2,15,16,17,18,20). The second-order valence-corrected chi connectivity index (χ2v) is 4.54. The fourth-order valence-corrected chi connectivity index (χ4v) is 1.98. The van der Waals surface area contributed by atoms with E-state index >= 15 is 0 Å². The zero-order valence-corrected chi connectivity index (χ0v) is 10.9. The van der Waals surface area contributed by atoms with Crippen molar-refractivity contribution in [2.75, 3.05) is 12.1 Å². The summed E-state index contributed by atoms with van der Waals surface area (Å²) in [4.78, 5) is 26.1. The van der Waals surface area contributed by atoms with Crippen molar-refractivity contribution in [3.63, 3.8) is 0 Å². The molecule has 0 atom stereocenters. The molecule has 0 aliphatic rings. The molecule has 0 fully saturated rings. The Kier molecular flexibility index (Phi) is 2.96. The lowest BCUT2D eigenvalue weighted by Gasteiger charge is -2.08. The normalized spacial score (nSPS) is 10.9. The molecule has 20 heavy (non-hydrogen) atoms. The van der Waals surface area contributed by atoms with Crippen molar-refractivity contribution in [2.24, 2.45) is 5.84 Å². The van der Waals surface area contributed by atoms with Crippen LogP contribution in [0.15, 0.2) is 35.1 Å². The molecule has 0 aliphatic heterocycles. The van der Waals surface area contributed by atoms with E-state index in [-0.39, 0.29) is 11.5 Å². The van der Waals surface area contributed by atoms with Crippen LogP contribution in [0.25, 0.3) is 11.2 Å². The number of hydrogen-bond donors (Lipinski definition) is 3. The number of benzene rings is 1. The molecule has 7 heteroatoms. The van der Waals surface area contributed by atoms with Gasteiger partial charge in [-0.1, -0.05) is 30.3 Å². The van der Waals surface area contributed by atoms with Crippen LogP contribution in [0.3, 0.4) is 0 Å². The van der Waals surface area contributed by atoms with E-state index in [1.54, 1.807) is 7.05 Å². The zero-order valence-electron chi connectivity index (χ0n) is 10.9. The first kappa shape index (κ1) is 12.4. The molecule has 0 unspecified atom stereocenters. The van der Waals surface area contributed by atoms with Gasteiger partial charge in [-0.25, -0.2) is 10.8 Å². The fourth-order valence-electron chi connectivity index (χ4n) is 1.98. The lowest BCUT2D eigenvalue weighted by molar-refractivity contribution is 0.928. The number of H-pyrrole nitrogens is 2. The third kappa shape index (κ3) is 2.26. The molecule has 1 aromatic carbocycles. The van der Waals surface area contributed by atoms with E-state index in [1.807, 2.05) is 30.3 Å². The number of aromatic nitrogens is 4. The Bertz CT molecular complexity index is 789. The van der Waals surface area contributed by atoms with Gasteiger partial charge in [-0.3, -0.25) is 14.8 Å². The summed E-state index contributed by atoms with van der Waals surface area (Å²) < 4.78 is 0. The number of hydrogen-bond acceptors (Lipinski definition) is 5. The number of aromatic amines is 2. The Morgan fingerprint density at radius 3 is 2.65 bits per heavy atom. The first-order valence-corrected chi connectivity index (χ1v) is 6.15. The number of fused-ring (bicyclic) bond motifs is 1. The maximum Gasteiger partial charge on any atom is 0.278 e. The minimum atomic E-state index is -0.283. The Balaban J connectivity index is 2.02. The highest BCUT2D eigenvalue weighted by atomic mass is 16.1. The molecule has 0 spiro atoms. The predicted octanol–water partition coefficient (Wildman–Crippen LogP) is 0.547. The number of hydrazine groups is 1. The number of nitrogens with one attached hydrogen (secondary N) is 2. The summed E-state index contributed by atoms with van der Waals surface area (Å²) in [5, 5.41) is 1.24. The van der Waals surface area contributed by atoms with Gasteiger partial charge >= 0.3 is 0 Å². The van der Waals surface area contributed by atoms with E-state index in [2.05, 4.69) is 19.9 Å². The lowest BCUT2D eigenvalue weighted by Crippen LogP contribution is -2.29. The van der Waals surface area contributed by atoms with E-state index in [0.29, 0.717) is 23.4 Å². The van der Waals surface area contributed by atoms with Crippen LogP contribution in [0.1, 0.15) is 11.4 Å². The minimum absolute atomic E-state index is 0.278. The number of nitrogens with zero attached hydrogens (tertiary/aromatic N) is 3. The Labute approximate surface area is 114 Å². The summed E-state index contributed by atoms with van der Waals surface area (Å²) >= 11 is 0. The van der Waals surface area contributed by atoms with Crippen LogP contribution in [-0.4, -0.2) is 27.0 Å². The lowest BCUT2D eigenvalue weighted by atomic mass is 10.1. The van der Waals surface area contributed by atoms with Crippen LogP contribution in [0.5, 0.6) is 0 Å². The summed E-state index contributed by atoms with van der Waals surface area (Å²) in [6.45, 7) is 0. The molecule has 0 radical (unpaired) electrons. The first-order chi connectivity index (χ1) is 9.63. The van der Waals surface area contributed by atoms with Gasteiger partial charge in [-0.05, 0) is 5.56 Å². The number of rotatable bonds is 3. The Morgan fingerprint density at radius 1 is 1.20 bits per heavy atom. The van der Waals surface area contributed by atoms with Gasteiger partial charge < -0.3 is 4.98 Å². The topological polar surface area (TPSA) is 104 Å². The molecule has 7 nitrogen and oxygen atoms in total. The average Bonchev–Trinajstić information content (AvgIpc) is 2.83. The number of imidazole rings is 1. The highest BCUT2D eigenvalue weighted by molar-refractivity contribution is 5.70. The Hall–Kier alpha value is -2.67. The van der Waals surface area contributed by atoms with E-state index in [9.17, 15) is 4.79 Å². The molecule has 0 aliphatic carbocycles. The molecule has 102 valence electrons. The van der Waals surface area contributed by atoms with Crippen LogP contribution in [0, 0.1) is 0 Å². The van der Waals surface area contributed by atoms with Gasteiger partial charge in [0, 0.05) is 13.5 Å². The van der Waals surface area contributed by atoms with Gasteiger partial charge in [0.05, 0.1) is 0 Å². The van der Waals surface area contributed by atoms with Crippen molar-refractivity contribution in [1.29, 1.82) is 0 Å². The van der Waals surface area contributed by atoms with E-state index in [4.69, 9.17) is 5.84 Å². The molecule has 4 N–H and O–H groups in total. The largest absolute Gasteiger partial charge is 0.336 e. The van der Waals surface area contributed by atoms with Crippen molar-refractivity contribution < 1.29 is 0 Å². The van der Waals surface area contributed by atoms with E-state index in [0.717, 1.165) is 5.56 Å². The molecule has 0 amide bonds. The van der Waals surface area contributed by atoms with Crippen LogP contribution in [-0.2, 0) is 6.42 Å². The van der Waals surface area contributed by atoms with Crippen molar-refractivity contribution >= 4 is 17.1 Å². The second-order valence-electron chi connectivity index (χ2n) is 4.54.